The number of ketones is 1. The third kappa shape index (κ3) is 3.87. The Balaban J connectivity index is 1.54. The minimum Gasteiger partial charge on any atom is -0.504 e. The topological polar surface area (TPSA) is 122 Å². The van der Waals surface area contributed by atoms with Gasteiger partial charge in [-0.2, -0.15) is 0 Å². The Kier molecular flexibility index (Phi) is 5.99. The van der Waals surface area contributed by atoms with Gasteiger partial charge in [-0.05, 0) is 60.9 Å². The van der Waals surface area contributed by atoms with Crippen molar-refractivity contribution >= 4 is 49.3 Å². The highest BCUT2D eigenvalue weighted by Gasteiger charge is 2.47. The minimum absolute atomic E-state index is 0.0674. The highest BCUT2D eigenvalue weighted by Crippen LogP contribution is 2.46. The zero-order chi connectivity index (χ0) is 28.3. The number of aliphatic hydroxyl groups is 1. The van der Waals surface area contributed by atoms with Crippen molar-refractivity contribution in [2.24, 2.45) is 0 Å². The number of methoxy groups -OCH3 is 2. The number of phenolic OH excluding ortho intramolecular Hbond substituents is 1. The molecule has 0 bridgehead atoms. The van der Waals surface area contributed by atoms with Gasteiger partial charge in [0.1, 0.15) is 0 Å². The molecule has 202 valence electrons. The van der Waals surface area contributed by atoms with E-state index < -0.39 is 23.5 Å². The van der Waals surface area contributed by atoms with Crippen molar-refractivity contribution in [1.82, 2.24) is 4.98 Å². The number of hydrogen-bond acceptors (Lipinski definition) is 9. The number of ether oxygens (including phenoxy) is 2. The Morgan fingerprint density at radius 1 is 1.02 bits per heavy atom. The summed E-state index contributed by atoms with van der Waals surface area (Å²) in [7, 11) is 2.90. The molecule has 1 atom stereocenters. The van der Waals surface area contributed by atoms with Crippen molar-refractivity contribution in [3.63, 3.8) is 0 Å². The van der Waals surface area contributed by atoms with Gasteiger partial charge >= 0.3 is 0 Å². The number of benzene rings is 3. The fourth-order valence-electron chi connectivity index (χ4n) is 5.12. The van der Waals surface area contributed by atoms with Gasteiger partial charge in [-0.15, -0.1) is 0 Å². The van der Waals surface area contributed by atoms with Crippen LogP contribution in [0.2, 0.25) is 0 Å². The molecule has 6 rings (SSSR count). The first kappa shape index (κ1) is 25.4. The maximum absolute atomic E-state index is 14.0. The van der Waals surface area contributed by atoms with Crippen LogP contribution in [0.5, 0.6) is 17.2 Å². The van der Waals surface area contributed by atoms with Crippen LogP contribution in [-0.4, -0.2) is 41.1 Å². The molecule has 5 aromatic rings. The van der Waals surface area contributed by atoms with E-state index in [1.165, 1.54) is 42.6 Å². The number of phenols is 1. The molecule has 10 heteroatoms. The van der Waals surface area contributed by atoms with Crippen molar-refractivity contribution in [3.8, 4) is 17.2 Å². The van der Waals surface area contributed by atoms with Gasteiger partial charge < -0.3 is 24.1 Å². The molecule has 1 unspecified atom stereocenters. The molecule has 2 aromatic heterocycles. The molecule has 9 nitrogen and oxygen atoms in total. The number of para-hydroxylation sites is 1. The number of furan rings is 1. The summed E-state index contributed by atoms with van der Waals surface area (Å²) in [5, 5.41) is 22.3. The van der Waals surface area contributed by atoms with Crippen molar-refractivity contribution in [2.45, 2.75) is 19.9 Å². The van der Waals surface area contributed by atoms with Crippen LogP contribution in [0, 0.1) is 13.8 Å². The summed E-state index contributed by atoms with van der Waals surface area (Å²) in [6.45, 7) is 3.92. The number of amides is 1. The maximum Gasteiger partial charge on any atom is 0.296 e. The summed E-state index contributed by atoms with van der Waals surface area (Å²) in [5.41, 5.74) is 3.33. The van der Waals surface area contributed by atoms with E-state index in [0.29, 0.717) is 27.4 Å². The van der Waals surface area contributed by atoms with E-state index in [1.807, 2.05) is 26.0 Å². The number of aromatic nitrogens is 1. The Hall–Kier alpha value is -4.83. The normalized spacial score (nSPS) is 15.4. The second-order valence-electron chi connectivity index (χ2n) is 9.51. The lowest BCUT2D eigenvalue weighted by molar-refractivity contribution is -0.117. The van der Waals surface area contributed by atoms with Crippen LogP contribution in [0.4, 0.5) is 5.13 Å². The SMILES string of the molecule is COc1cc(C2C(C(=O)c3cc4cccc(OC)c4o3)=C(O)C(=O)N2c2nc3c(C)cc(C)cc3s2)ccc1O. The Labute approximate surface area is 232 Å². The second-order valence-corrected chi connectivity index (χ2v) is 10.5. The summed E-state index contributed by atoms with van der Waals surface area (Å²) in [4.78, 5) is 33.7. The number of aliphatic hydroxyl groups excluding tert-OH is 1. The van der Waals surface area contributed by atoms with Crippen molar-refractivity contribution in [3.05, 3.63) is 88.4 Å². The van der Waals surface area contributed by atoms with Crippen molar-refractivity contribution in [2.75, 3.05) is 19.1 Å². The number of hydrogen-bond donors (Lipinski definition) is 2. The molecule has 1 aliphatic heterocycles. The predicted octanol–water partition coefficient (Wildman–Crippen LogP) is 6.17. The van der Waals surface area contributed by atoms with Crippen molar-refractivity contribution < 1.29 is 33.7 Å². The van der Waals surface area contributed by atoms with Crippen LogP contribution in [0.3, 0.4) is 0 Å². The number of carbonyl (C=O) groups excluding carboxylic acids is 2. The van der Waals surface area contributed by atoms with E-state index in [1.54, 1.807) is 30.3 Å². The molecule has 3 aromatic carbocycles. The monoisotopic (exact) mass is 556 g/mol. The first-order valence-electron chi connectivity index (χ1n) is 12.3. The van der Waals surface area contributed by atoms with Crippen LogP contribution in [-0.2, 0) is 4.79 Å². The van der Waals surface area contributed by atoms with Gasteiger partial charge in [0.2, 0.25) is 5.78 Å². The maximum atomic E-state index is 14.0. The highest BCUT2D eigenvalue weighted by atomic mass is 32.1. The van der Waals surface area contributed by atoms with Gasteiger partial charge in [-0.1, -0.05) is 35.6 Å². The number of thiazole rings is 1. The number of fused-ring (bicyclic) bond motifs is 2. The minimum atomic E-state index is -1.08. The molecular formula is C30H24N2O7S. The summed E-state index contributed by atoms with van der Waals surface area (Å²) in [6.07, 6.45) is 0. The van der Waals surface area contributed by atoms with Gasteiger partial charge in [-0.25, -0.2) is 4.98 Å². The van der Waals surface area contributed by atoms with Gasteiger partial charge in [0.05, 0.1) is 36.1 Å². The standard InChI is InChI=1S/C30H24N2O7S/c1-14-10-15(2)24-22(11-14)40-30(31-24)32-25(16-8-9-18(33)20(12-16)38-4)23(27(35)29(32)36)26(34)21-13-17-6-5-7-19(37-3)28(17)39-21/h5-13,25,33,35H,1-4H3. The Morgan fingerprint density at radius 2 is 1.80 bits per heavy atom. The van der Waals surface area contributed by atoms with Crippen LogP contribution < -0.4 is 14.4 Å². The highest BCUT2D eigenvalue weighted by molar-refractivity contribution is 7.22. The summed E-state index contributed by atoms with van der Waals surface area (Å²) in [5.74, 6) is -1.74. The predicted molar refractivity (Wildman–Crippen MR) is 151 cm³/mol. The van der Waals surface area contributed by atoms with Gasteiger partial charge in [0, 0.05) is 5.39 Å². The lowest BCUT2D eigenvalue weighted by Crippen LogP contribution is -2.31. The van der Waals surface area contributed by atoms with E-state index in [2.05, 4.69) is 0 Å². The molecule has 0 spiro atoms. The van der Waals surface area contributed by atoms with E-state index in [9.17, 15) is 19.8 Å². The van der Waals surface area contributed by atoms with Gasteiger partial charge in [0.25, 0.3) is 5.91 Å². The molecule has 2 N–H and O–H groups in total. The molecular weight excluding hydrogens is 532 g/mol. The number of rotatable bonds is 6. The zero-order valence-electron chi connectivity index (χ0n) is 22.0. The molecule has 0 radical (unpaired) electrons. The average Bonchev–Trinajstić information content (AvgIpc) is 3.63. The number of aryl methyl sites for hydroxylation is 2. The third-order valence-electron chi connectivity index (χ3n) is 6.95. The Bertz CT molecular complexity index is 1880. The van der Waals surface area contributed by atoms with Gasteiger partial charge in [0.15, 0.2) is 39.5 Å². The van der Waals surface area contributed by atoms with E-state index in [-0.39, 0.29) is 22.8 Å². The van der Waals surface area contributed by atoms with Crippen LogP contribution in [0.15, 0.2) is 70.3 Å². The number of Topliss-reactive ketones (excluding diaryl/α,β-unsaturated/α-hetero) is 1. The third-order valence-corrected chi connectivity index (χ3v) is 7.95. The van der Waals surface area contributed by atoms with Crippen molar-refractivity contribution in [1.29, 1.82) is 0 Å². The van der Waals surface area contributed by atoms with Gasteiger partial charge in [-0.3, -0.25) is 14.5 Å². The molecule has 1 amide bonds. The molecule has 0 saturated heterocycles. The lowest BCUT2D eigenvalue weighted by Gasteiger charge is -2.24. The first-order valence-corrected chi connectivity index (χ1v) is 13.2. The molecule has 40 heavy (non-hydrogen) atoms. The summed E-state index contributed by atoms with van der Waals surface area (Å²) < 4.78 is 17.4. The second kappa shape index (κ2) is 9.42. The number of nitrogens with zero attached hydrogens (tertiary/aromatic N) is 2. The molecule has 0 fully saturated rings. The number of anilines is 1. The summed E-state index contributed by atoms with van der Waals surface area (Å²) in [6, 6.07) is 14.2. The van der Waals surface area contributed by atoms with Crippen LogP contribution in [0.25, 0.3) is 21.2 Å². The van der Waals surface area contributed by atoms with Crippen LogP contribution in [0.1, 0.15) is 33.3 Å². The lowest BCUT2D eigenvalue weighted by atomic mass is 9.95. The zero-order valence-corrected chi connectivity index (χ0v) is 22.8. The molecule has 3 heterocycles. The largest absolute Gasteiger partial charge is 0.504 e. The fraction of sp³-hybridized carbons (Fsp3) is 0.167. The van der Waals surface area contributed by atoms with E-state index in [4.69, 9.17) is 18.9 Å². The van der Waals surface area contributed by atoms with Crippen LogP contribution >= 0.6 is 11.3 Å². The quantitative estimate of drug-likeness (QED) is 0.238. The smallest absolute Gasteiger partial charge is 0.296 e. The van der Waals surface area contributed by atoms with E-state index in [0.717, 1.165) is 21.3 Å². The van der Waals surface area contributed by atoms with E-state index >= 15 is 0 Å². The fourth-order valence-corrected chi connectivity index (χ4v) is 6.29. The number of carbonyl (C=O) groups is 2. The first-order chi connectivity index (χ1) is 19.2. The summed E-state index contributed by atoms with van der Waals surface area (Å²) >= 11 is 1.28. The molecule has 1 aliphatic rings. The average molecular weight is 557 g/mol. The number of aromatic hydroxyl groups is 1. The molecule has 0 aliphatic carbocycles. The Morgan fingerprint density at radius 3 is 2.55 bits per heavy atom. The molecule has 0 saturated carbocycles.